The van der Waals surface area contributed by atoms with E-state index in [1.54, 1.807) is 13.8 Å². The zero-order valence-corrected chi connectivity index (χ0v) is 12.1. The molecule has 116 valence electrons. The summed E-state index contributed by atoms with van der Waals surface area (Å²) in [6.45, 7) is 5.80. The molecule has 6 N–H and O–H groups in total. The molecule has 0 rings (SSSR count). The molecule has 0 heterocycles. The quantitative estimate of drug-likeness (QED) is 0.465. The van der Waals surface area contributed by atoms with Gasteiger partial charge in [0, 0.05) is 0 Å². The van der Waals surface area contributed by atoms with E-state index < -0.39 is 42.0 Å². The molecular weight excluding hydrogens is 266 g/mol. The van der Waals surface area contributed by atoms with Gasteiger partial charge in [-0.15, -0.1) is 0 Å². The summed E-state index contributed by atoms with van der Waals surface area (Å²) in [6, 6.07) is -3.83. The summed E-state index contributed by atoms with van der Waals surface area (Å²) in [5.41, 5.74) is 11.2. The molecule has 0 unspecified atom stereocenters. The van der Waals surface area contributed by atoms with Crippen LogP contribution >= 0.6 is 0 Å². The lowest BCUT2D eigenvalue weighted by Gasteiger charge is -2.31. The van der Waals surface area contributed by atoms with Crippen LogP contribution in [0.1, 0.15) is 27.7 Å². The van der Waals surface area contributed by atoms with E-state index in [1.165, 1.54) is 13.8 Å². The molecule has 0 aromatic rings. The molecule has 0 saturated carbocycles. The Bertz CT molecular complexity index is 357. The van der Waals surface area contributed by atoms with Gasteiger partial charge < -0.3 is 21.7 Å². The molecule has 8 heteroatoms. The minimum Gasteiger partial charge on any atom is -0.480 e. The predicted molar refractivity (Wildman–Crippen MR) is 71.4 cm³/mol. The molecule has 0 fully saturated rings. The van der Waals surface area contributed by atoms with E-state index in [0.717, 1.165) is 0 Å². The SMILES string of the molecule is CC(C)[C@H](N)C(=O)N(C(=O)[C@@H](N)[C@@H](C)O)[C@@H](C)C(=O)O. The Morgan fingerprint density at radius 3 is 1.65 bits per heavy atom. The van der Waals surface area contributed by atoms with Crippen LogP contribution in [0.25, 0.3) is 0 Å². The fourth-order valence-electron chi connectivity index (χ4n) is 1.41. The minimum absolute atomic E-state index is 0.276. The van der Waals surface area contributed by atoms with E-state index in [2.05, 4.69) is 0 Å². The second-order valence-corrected chi connectivity index (χ2v) is 5.10. The Morgan fingerprint density at radius 1 is 0.950 bits per heavy atom. The normalized spacial score (nSPS) is 17.2. The number of aliphatic carboxylic acids is 1. The van der Waals surface area contributed by atoms with Gasteiger partial charge in [-0.1, -0.05) is 13.8 Å². The van der Waals surface area contributed by atoms with E-state index >= 15 is 0 Å². The summed E-state index contributed by atoms with van der Waals surface area (Å²) in [6.07, 6.45) is -1.21. The van der Waals surface area contributed by atoms with Crippen molar-refractivity contribution in [3.63, 3.8) is 0 Å². The number of rotatable bonds is 6. The van der Waals surface area contributed by atoms with Crippen molar-refractivity contribution in [2.45, 2.75) is 51.9 Å². The Labute approximate surface area is 117 Å². The molecule has 0 aliphatic rings. The van der Waals surface area contributed by atoms with E-state index in [-0.39, 0.29) is 5.92 Å². The molecule has 2 amide bonds. The molecule has 0 bridgehead atoms. The molecule has 0 radical (unpaired) electrons. The maximum atomic E-state index is 12.2. The van der Waals surface area contributed by atoms with Gasteiger partial charge in [0.1, 0.15) is 12.1 Å². The zero-order valence-electron chi connectivity index (χ0n) is 12.1. The number of hydrogen-bond donors (Lipinski definition) is 4. The number of hydrogen-bond acceptors (Lipinski definition) is 6. The number of nitrogens with two attached hydrogens (primary N) is 2. The molecule has 0 aliphatic carbocycles. The summed E-state index contributed by atoms with van der Waals surface area (Å²) in [7, 11) is 0. The average molecular weight is 289 g/mol. The first-order valence-corrected chi connectivity index (χ1v) is 6.31. The number of carbonyl (C=O) groups excluding carboxylic acids is 2. The van der Waals surface area contributed by atoms with Gasteiger partial charge >= 0.3 is 5.97 Å². The van der Waals surface area contributed by atoms with Gasteiger partial charge in [0.25, 0.3) is 0 Å². The predicted octanol–water partition coefficient (Wildman–Crippen LogP) is -1.49. The smallest absolute Gasteiger partial charge is 0.326 e. The number of aliphatic hydroxyl groups excluding tert-OH is 1. The maximum absolute atomic E-state index is 12.2. The summed E-state index contributed by atoms with van der Waals surface area (Å²) < 4.78 is 0. The van der Waals surface area contributed by atoms with Crippen molar-refractivity contribution >= 4 is 17.8 Å². The van der Waals surface area contributed by atoms with Crippen LogP contribution in [0.5, 0.6) is 0 Å². The Hall–Kier alpha value is -1.51. The lowest BCUT2D eigenvalue weighted by Crippen LogP contribution is -2.60. The van der Waals surface area contributed by atoms with Gasteiger partial charge in [0.05, 0.1) is 12.1 Å². The summed E-state index contributed by atoms with van der Waals surface area (Å²) >= 11 is 0. The highest BCUT2D eigenvalue weighted by atomic mass is 16.4. The summed E-state index contributed by atoms with van der Waals surface area (Å²) in [5, 5.41) is 18.3. The van der Waals surface area contributed by atoms with Crippen LogP contribution in [0.3, 0.4) is 0 Å². The first-order chi connectivity index (χ1) is 9.02. The topological polar surface area (TPSA) is 147 Å². The molecule has 0 aliphatic heterocycles. The first-order valence-electron chi connectivity index (χ1n) is 6.31. The van der Waals surface area contributed by atoms with E-state index in [0.29, 0.717) is 4.90 Å². The molecule has 0 aromatic heterocycles. The fraction of sp³-hybridized carbons (Fsp3) is 0.750. The highest BCUT2D eigenvalue weighted by Crippen LogP contribution is 2.11. The van der Waals surface area contributed by atoms with Gasteiger partial charge in [-0.2, -0.15) is 0 Å². The van der Waals surface area contributed by atoms with Crippen molar-refractivity contribution in [2.75, 3.05) is 0 Å². The fourth-order valence-corrected chi connectivity index (χ4v) is 1.41. The van der Waals surface area contributed by atoms with E-state index in [4.69, 9.17) is 16.6 Å². The number of nitrogens with zero attached hydrogens (tertiary/aromatic N) is 1. The van der Waals surface area contributed by atoms with Crippen molar-refractivity contribution < 1.29 is 24.6 Å². The maximum Gasteiger partial charge on any atom is 0.326 e. The third-order valence-corrected chi connectivity index (χ3v) is 3.03. The lowest BCUT2D eigenvalue weighted by atomic mass is 10.0. The number of carboxylic acids is 1. The molecule has 0 spiro atoms. The van der Waals surface area contributed by atoms with Crippen molar-refractivity contribution in [3.05, 3.63) is 0 Å². The van der Waals surface area contributed by atoms with E-state index in [1.807, 2.05) is 0 Å². The number of carboxylic acid groups (broad SMARTS) is 1. The summed E-state index contributed by atoms with van der Waals surface area (Å²) in [4.78, 5) is 35.8. The first kappa shape index (κ1) is 18.5. The van der Waals surface area contributed by atoms with Crippen LogP contribution in [0.4, 0.5) is 0 Å². The number of amides is 2. The van der Waals surface area contributed by atoms with Crippen LogP contribution in [0.2, 0.25) is 0 Å². The highest BCUT2D eigenvalue weighted by molar-refractivity contribution is 6.03. The van der Waals surface area contributed by atoms with Crippen LogP contribution < -0.4 is 11.5 Å². The summed E-state index contributed by atoms with van der Waals surface area (Å²) in [5.74, 6) is -3.42. The van der Waals surface area contributed by atoms with Gasteiger partial charge in [-0.05, 0) is 19.8 Å². The Kier molecular flexibility index (Phi) is 6.77. The molecule has 0 aromatic carbocycles. The molecule has 8 nitrogen and oxygen atoms in total. The Morgan fingerprint density at radius 2 is 1.35 bits per heavy atom. The van der Waals surface area contributed by atoms with Gasteiger partial charge in [0.2, 0.25) is 11.8 Å². The number of carbonyl (C=O) groups is 3. The van der Waals surface area contributed by atoms with Gasteiger partial charge in [-0.3, -0.25) is 14.5 Å². The largest absolute Gasteiger partial charge is 0.480 e. The molecule has 20 heavy (non-hydrogen) atoms. The van der Waals surface area contributed by atoms with Gasteiger partial charge in [-0.25, -0.2) is 4.79 Å². The molecular formula is C12H23N3O5. The van der Waals surface area contributed by atoms with Crippen LogP contribution in [0, 0.1) is 5.92 Å². The number of imide groups is 1. The third kappa shape index (κ3) is 4.26. The van der Waals surface area contributed by atoms with Crippen molar-refractivity contribution in [1.29, 1.82) is 0 Å². The third-order valence-electron chi connectivity index (χ3n) is 3.03. The number of aliphatic hydroxyl groups is 1. The Balaban J connectivity index is 5.45. The monoisotopic (exact) mass is 289 g/mol. The average Bonchev–Trinajstić information content (AvgIpc) is 2.35. The van der Waals surface area contributed by atoms with Crippen molar-refractivity contribution in [3.8, 4) is 0 Å². The second kappa shape index (κ2) is 7.32. The minimum atomic E-state index is -1.41. The molecule has 0 saturated heterocycles. The van der Waals surface area contributed by atoms with Crippen molar-refractivity contribution in [1.82, 2.24) is 4.90 Å². The zero-order chi connectivity index (χ0) is 16.2. The van der Waals surface area contributed by atoms with Crippen LogP contribution in [-0.4, -0.2) is 57.1 Å². The van der Waals surface area contributed by atoms with E-state index in [9.17, 15) is 19.5 Å². The lowest BCUT2D eigenvalue weighted by molar-refractivity contribution is -0.159. The molecule has 4 atom stereocenters. The second-order valence-electron chi connectivity index (χ2n) is 5.10. The van der Waals surface area contributed by atoms with Crippen LogP contribution in [-0.2, 0) is 14.4 Å². The highest BCUT2D eigenvalue weighted by Gasteiger charge is 2.38. The van der Waals surface area contributed by atoms with Gasteiger partial charge in [0.15, 0.2) is 0 Å². The standard InChI is InChI=1S/C12H23N3O5/c1-5(2)8(13)10(17)15(6(3)12(19)20)11(18)9(14)7(4)16/h5-9,16H,13-14H2,1-4H3,(H,19,20)/t6-,7+,8-,9-/m0/s1. The van der Waals surface area contributed by atoms with Crippen molar-refractivity contribution in [2.24, 2.45) is 17.4 Å². The van der Waals surface area contributed by atoms with Crippen LogP contribution in [0.15, 0.2) is 0 Å².